The largest absolute Gasteiger partial charge is 0.490 e. The fraction of sp³-hybridized carbons (Fsp3) is 0.238. The number of hydrogen-bond acceptors (Lipinski definition) is 3. The lowest BCUT2D eigenvalue weighted by atomic mass is 10.1. The first-order valence-corrected chi connectivity index (χ1v) is 8.27. The van der Waals surface area contributed by atoms with Gasteiger partial charge in [-0.2, -0.15) is 0 Å². The molecule has 0 fully saturated rings. The van der Waals surface area contributed by atoms with Crippen LogP contribution in [0.25, 0.3) is 10.8 Å². The minimum atomic E-state index is 0.491. The molecule has 3 aromatic carbocycles. The summed E-state index contributed by atoms with van der Waals surface area (Å²) in [6, 6.07) is 22.4. The van der Waals surface area contributed by atoms with Gasteiger partial charge in [0, 0.05) is 0 Å². The molecule has 3 aromatic rings. The van der Waals surface area contributed by atoms with Gasteiger partial charge in [0.25, 0.3) is 0 Å². The Kier molecular flexibility index (Phi) is 5.70. The molecule has 0 aromatic heterocycles. The Bertz CT molecular complexity index is 768. The Balaban J connectivity index is 1.58. The Morgan fingerprint density at radius 2 is 1.33 bits per heavy atom. The first kappa shape index (κ1) is 16.3. The summed E-state index contributed by atoms with van der Waals surface area (Å²) in [6.07, 6.45) is 0. The highest BCUT2D eigenvalue weighted by atomic mass is 16.5. The van der Waals surface area contributed by atoms with Crippen molar-refractivity contribution >= 4 is 10.8 Å². The molecule has 3 nitrogen and oxygen atoms in total. The van der Waals surface area contributed by atoms with Crippen LogP contribution in [0.1, 0.15) is 12.5 Å². The van der Waals surface area contributed by atoms with Crippen molar-refractivity contribution < 1.29 is 14.2 Å². The normalized spacial score (nSPS) is 10.7. The van der Waals surface area contributed by atoms with Crippen molar-refractivity contribution in [1.82, 2.24) is 0 Å². The van der Waals surface area contributed by atoms with Gasteiger partial charge in [0.05, 0.1) is 19.8 Å². The fourth-order valence-electron chi connectivity index (χ4n) is 2.55. The molecule has 0 amide bonds. The Hall–Kier alpha value is -2.52. The Morgan fingerprint density at radius 3 is 2.00 bits per heavy atom. The maximum absolute atomic E-state index is 5.89. The van der Waals surface area contributed by atoms with Gasteiger partial charge in [-0.15, -0.1) is 0 Å². The topological polar surface area (TPSA) is 27.7 Å². The second-order valence-corrected chi connectivity index (χ2v) is 5.47. The van der Waals surface area contributed by atoms with E-state index in [9.17, 15) is 0 Å². The SMILES string of the molecule is CCOc1cc2ccccc2cc1OCCOCc1ccccc1. The van der Waals surface area contributed by atoms with E-state index in [-0.39, 0.29) is 0 Å². The van der Waals surface area contributed by atoms with Crippen LogP contribution in [-0.2, 0) is 11.3 Å². The van der Waals surface area contributed by atoms with E-state index in [1.165, 1.54) is 5.56 Å². The molecule has 0 saturated heterocycles. The molecule has 3 heteroatoms. The first-order valence-electron chi connectivity index (χ1n) is 8.27. The summed E-state index contributed by atoms with van der Waals surface area (Å²) in [4.78, 5) is 0. The van der Waals surface area contributed by atoms with Crippen LogP contribution in [0, 0.1) is 0 Å². The summed E-state index contributed by atoms with van der Waals surface area (Å²) < 4.78 is 17.3. The lowest BCUT2D eigenvalue weighted by molar-refractivity contribution is 0.0878. The van der Waals surface area contributed by atoms with Crippen molar-refractivity contribution in [2.75, 3.05) is 19.8 Å². The highest BCUT2D eigenvalue weighted by Crippen LogP contribution is 2.32. The smallest absolute Gasteiger partial charge is 0.161 e. The van der Waals surface area contributed by atoms with Crippen molar-refractivity contribution in [1.29, 1.82) is 0 Å². The third kappa shape index (κ3) is 4.27. The fourth-order valence-corrected chi connectivity index (χ4v) is 2.55. The Morgan fingerprint density at radius 1 is 0.708 bits per heavy atom. The highest BCUT2D eigenvalue weighted by molar-refractivity contribution is 5.86. The van der Waals surface area contributed by atoms with Gasteiger partial charge in [-0.05, 0) is 35.4 Å². The van der Waals surface area contributed by atoms with Crippen LogP contribution in [0.5, 0.6) is 11.5 Å². The molecule has 0 heterocycles. The standard InChI is InChI=1S/C21H22O3/c1-2-23-20-14-18-10-6-7-11-19(18)15-21(20)24-13-12-22-16-17-8-4-3-5-9-17/h3-11,14-15H,2,12-13,16H2,1H3. The summed E-state index contributed by atoms with van der Waals surface area (Å²) in [5.41, 5.74) is 1.17. The second-order valence-electron chi connectivity index (χ2n) is 5.47. The number of rotatable bonds is 8. The van der Waals surface area contributed by atoms with E-state index in [0.29, 0.717) is 26.4 Å². The molecular formula is C21H22O3. The third-order valence-corrected chi connectivity index (χ3v) is 3.71. The van der Waals surface area contributed by atoms with Gasteiger partial charge in [-0.1, -0.05) is 54.6 Å². The third-order valence-electron chi connectivity index (χ3n) is 3.71. The van der Waals surface area contributed by atoms with Crippen LogP contribution in [0.2, 0.25) is 0 Å². The van der Waals surface area contributed by atoms with Gasteiger partial charge in [0.2, 0.25) is 0 Å². The molecule has 0 radical (unpaired) electrons. The molecular weight excluding hydrogens is 300 g/mol. The van der Waals surface area contributed by atoms with Crippen molar-refractivity contribution in [2.45, 2.75) is 13.5 Å². The maximum atomic E-state index is 5.89. The van der Waals surface area contributed by atoms with E-state index in [1.54, 1.807) is 0 Å². The molecule has 24 heavy (non-hydrogen) atoms. The molecule has 3 rings (SSSR count). The number of fused-ring (bicyclic) bond motifs is 1. The molecule has 0 aliphatic rings. The van der Waals surface area contributed by atoms with Crippen molar-refractivity contribution in [3.63, 3.8) is 0 Å². The quantitative estimate of drug-likeness (QED) is 0.556. The van der Waals surface area contributed by atoms with E-state index >= 15 is 0 Å². The molecule has 0 saturated carbocycles. The zero-order chi connectivity index (χ0) is 16.6. The van der Waals surface area contributed by atoms with Gasteiger partial charge in [0.1, 0.15) is 6.61 Å². The van der Waals surface area contributed by atoms with Gasteiger partial charge in [0.15, 0.2) is 11.5 Å². The van der Waals surface area contributed by atoms with Gasteiger partial charge < -0.3 is 14.2 Å². The summed E-state index contributed by atoms with van der Waals surface area (Å²) >= 11 is 0. The lowest BCUT2D eigenvalue weighted by Gasteiger charge is -2.13. The monoisotopic (exact) mass is 322 g/mol. The number of hydrogen-bond donors (Lipinski definition) is 0. The van der Waals surface area contributed by atoms with E-state index in [0.717, 1.165) is 22.3 Å². The zero-order valence-electron chi connectivity index (χ0n) is 13.9. The van der Waals surface area contributed by atoms with E-state index in [4.69, 9.17) is 14.2 Å². The Labute approximate surface area is 142 Å². The van der Waals surface area contributed by atoms with Crippen molar-refractivity contribution in [3.8, 4) is 11.5 Å². The highest BCUT2D eigenvalue weighted by Gasteiger charge is 2.07. The van der Waals surface area contributed by atoms with Crippen LogP contribution in [-0.4, -0.2) is 19.8 Å². The lowest BCUT2D eigenvalue weighted by Crippen LogP contribution is -2.08. The molecule has 124 valence electrons. The first-order chi connectivity index (χ1) is 11.9. The summed E-state index contributed by atoms with van der Waals surface area (Å²) in [5, 5.41) is 2.29. The second kappa shape index (κ2) is 8.37. The number of ether oxygens (including phenoxy) is 3. The van der Waals surface area contributed by atoms with Gasteiger partial charge >= 0.3 is 0 Å². The van der Waals surface area contributed by atoms with E-state index < -0.39 is 0 Å². The van der Waals surface area contributed by atoms with E-state index in [2.05, 4.69) is 24.3 Å². The summed E-state index contributed by atoms with van der Waals surface area (Å²) in [6.45, 7) is 4.21. The molecule has 0 atom stereocenters. The molecule has 0 unspecified atom stereocenters. The minimum Gasteiger partial charge on any atom is -0.490 e. The molecule has 0 N–H and O–H groups in total. The van der Waals surface area contributed by atoms with Crippen molar-refractivity contribution in [3.05, 3.63) is 72.3 Å². The maximum Gasteiger partial charge on any atom is 0.161 e. The van der Waals surface area contributed by atoms with Crippen LogP contribution in [0.15, 0.2) is 66.7 Å². The summed E-state index contributed by atoms with van der Waals surface area (Å²) in [7, 11) is 0. The average Bonchev–Trinajstić information content (AvgIpc) is 2.63. The molecule has 0 bridgehead atoms. The van der Waals surface area contributed by atoms with Crippen LogP contribution < -0.4 is 9.47 Å². The predicted molar refractivity (Wildman–Crippen MR) is 96.7 cm³/mol. The van der Waals surface area contributed by atoms with Gasteiger partial charge in [-0.3, -0.25) is 0 Å². The van der Waals surface area contributed by atoms with Crippen LogP contribution >= 0.6 is 0 Å². The average molecular weight is 322 g/mol. The number of benzene rings is 3. The zero-order valence-corrected chi connectivity index (χ0v) is 13.9. The molecule has 0 aliphatic carbocycles. The van der Waals surface area contributed by atoms with Gasteiger partial charge in [-0.25, -0.2) is 0 Å². The molecule has 0 spiro atoms. The van der Waals surface area contributed by atoms with Crippen LogP contribution in [0.3, 0.4) is 0 Å². The van der Waals surface area contributed by atoms with Crippen molar-refractivity contribution in [2.24, 2.45) is 0 Å². The molecule has 0 aliphatic heterocycles. The predicted octanol–water partition coefficient (Wildman–Crippen LogP) is 4.83. The summed E-state index contributed by atoms with van der Waals surface area (Å²) in [5.74, 6) is 1.54. The van der Waals surface area contributed by atoms with Crippen LogP contribution in [0.4, 0.5) is 0 Å². The van der Waals surface area contributed by atoms with E-state index in [1.807, 2.05) is 49.4 Å². The minimum absolute atomic E-state index is 0.491.